The molecule has 0 saturated heterocycles. The molecule has 0 fully saturated rings. The first-order valence-corrected chi connectivity index (χ1v) is 7.20. The van der Waals surface area contributed by atoms with E-state index < -0.39 is 0 Å². The number of hydrogen-bond donors (Lipinski definition) is 1. The van der Waals surface area contributed by atoms with E-state index >= 15 is 0 Å². The van der Waals surface area contributed by atoms with E-state index in [-0.39, 0.29) is 5.91 Å². The van der Waals surface area contributed by atoms with Crippen LogP contribution in [0.2, 0.25) is 0 Å². The topological polar surface area (TPSA) is 51.2 Å². The van der Waals surface area contributed by atoms with Gasteiger partial charge in [-0.1, -0.05) is 31.5 Å². The Bertz CT molecular complexity index is 553. The van der Waals surface area contributed by atoms with Gasteiger partial charge < -0.3 is 10.1 Å². The van der Waals surface area contributed by atoms with E-state index in [0.29, 0.717) is 12.2 Å². The Morgan fingerprint density at radius 2 is 2.00 bits per heavy atom. The molecule has 0 aliphatic rings. The highest BCUT2D eigenvalue weighted by molar-refractivity contribution is 5.92. The summed E-state index contributed by atoms with van der Waals surface area (Å²) in [6.07, 6.45) is 3.79. The Hall–Kier alpha value is -2.36. The first kappa shape index (κ1) is 15.0. The number of benzene rings is 1. The lowest BCUT2D eigenvalue weighted by molar-refractivity contribution is 0.0946. The molecule has 110 valence electrons. The molecular formula is C17H20N2O2. The average molecular weight is 284 g/mol. The first-order chi connectivity index (χ1) is 10.3. The fourth-order valence-corrected chi connectivity index (χ4v) is 1.81. The molecular weight excluding hydrogens is 264 g/mol. The third kappa shape index (κ3) is 4.91. The van der Waals surface area contributed by atoms with Crippen LogP contribution in [0.25, 0.3) is 0 Å². The van der Waals surface area contributed by atoms with Crippen LogP contribution in [0, 0.1) is 0 Å². The van der Waals surface area contributed by atoms with E-state index in [1.54, 1.807) is 24.4 Å². The molecule has 2 aromatic rings. The molecule has 0 radical (unpaired) electrons. The van der Waals surface area contributed by atoms with Crippen molar-refractivity contribution in [1.82, 2.24) is 10.3 Å². The monoisotopic (exact) mass is 284 g/mol. The number of nitrogens with zero attached hydrogens (tertiary/aromatic N) is 1. The number of amides is 1. The molecule has 0 unspecified atom stereocenters. The van der Waals surface area contributed by atoms with Gasteiger partial charge in [-0.2, -0.15) is 0 Å². The predicted molar refractivity (Wildman–Crippen MR) is 82.3 cm³/mol. The SMILES string of the molecule is CCCCOc1ccc(CNC(=O)c2ccccn2)cc1. The van der Waals surface area contributed by atoms with Gasteiger partial charge in [0.15, 0.2) is 0 Å². The van der Waals surface area contributed by atoms with Crippen molar-refractivity contribution in [3.8, 4) is 5.75 Å². The van der Waals surface area contributed by atoms with Gasteiger partial charge in [0.2, 0.25) is 0 Å². The highest BCUT2D eigenvalue weighted by Crippen LogP contribution is 2.12. The molecule has 1 amide bonds. The van der Waals surface area contributed by atoms with Crippen molar-refractivity contribution in [3.63, 3.8) is 0 Å². The van der Waals surface area contributed by atoms with Gasteiger partial charge in [-0.25, -0.2) is 0 Å². The normalized spacial score (nSPS) is 10.1. The van der Waals surface area contributed by atoms with Crippen LogP contribution < -0.4 is 10.1 Å². The van der Waals surface area contributed by atoms with Crippen LogP contribution in [0.1, 0.15) is 35.8 Å². The fourth-order valence-electron chi connectivity index (χ4n) is 1.81. The lowest BCUT2D eigenvalue weighted by Gasteiger charge is -2.07. The zero-order valence-electron chi connectivity index (χ0n) is 12.2. The molecule has 21 heavy (non-hydrogen) atoms. The predicted octanol–water partition coefficient (Wildman–Crippen LogP) is 3.19. The Balaban J connectivity index is 1.82. The highest BCUT2D eigenvalue weighted by Gasteiger charge is 2.05. The Morgan fingerprint density at radius 1 is 1.19 bits per heavy atom. The second-order valence-corrected chi connectivity index (χ2v) is 4.74. The zero-order chi connectivity index (χ0) is 14.9. The van der Waals surface area contributed by atoms with E-state index in [4.69, 9.17) is 4.74 Å². The molecule has 1 aromatic heterocycles. The number of nitrogens with one attached hydrogen (secondary N) is 1. The summed E-state index contributed by atoms with van der Waals surface area (Å²) in [5.41, 5.74) is 1.46. The van der Waals surface area contributed by atoms with Gasteiger partial charge >= 0.3 is 0 Å². The van der Waals surface area contributed by atoms with E-state index in [0.717, 1.165) is 30.8 Å². The third-order valence-corrected chi connectivity index (χ3v) is 3.04. The summed E-state index contributed by atoms with van der Waals surface area (Å²) in [6, 6.07) is 13.0. The van der Waals surface area contributed by atoms with Crippen LogP contribution in [-0.4, -0.2) is 17.5 Å². The summed E-state index contributed by atoms with van der Waals surface area (Å²) in [5, 5.41) is 2.84. The van der Waals surface area contributed by atoms with Gasteiger partial charge in [-0.15, -0.1) is 0 Å². The molecule has 0 saturated carbocycles. The van der Waals surface area contributed by atoms with Crippen LogP contribution in [0.5, 0.6) is 5.75 Å². The second-order valence-electron chi connectivity index (χ2n) is 4.74. The molecule has 0 aliphatic heterocycles. The van der Waals surface area contributed by atoms with Crippen molar-refractivity contribution >= 4 is 5.91 Å². The van der Waals surface area contributed by atoms with E-state index in [1.807, 2.05) is 24.3 Å². The standard InChI is InChI=1S/C17H20N2O2/c1-2-3-12-21-15-9-7-14(8-10-15)13-19-17(20)16-6-4-5-11-18-16/h4-11H,2-3,12-13H2,1H3,(H,19,20). The average Bonchev–Trinajstić information content (AvgIpc) is 2.55. The molecule has 1 aromatic carbocycles. The number of hydrogen-bond acceptors (Lipinski definition) is 3. The molecule has 1 heterocycles. The maximum Gasteiger partial charge on any atom is 0.270 e. The van der Waals surface area contributed by atoms with Gasteiger partial charge in [-0.05, 0) is 36.2 Å². The minimum Gasteiger partial charge on any atom is -0.494 e. The number of rotatable bonds is 7. The summed E-state index contributed by atoms with van der Waals surface area (Å²) in [7, 11) is 0. The van der Waals surface area contributed by atoms with Crippen LogP contribution in [0.3, 0.4) is 0 Å². The summed E-state index contributed by atoms with van der Waals surface area (Å²) < 4.78 is 5.60. The minimum absolute atomic E-state index is 0.168. The lowest BCUT2D eigenvalue weighted by atomic mass is 10.2. The van der Waals surface area contributed by atoms with Crippen molar-refractivity contribution < 1.29 is 9.53 Å². The van der Waals surface area contributed by atoms with Crippen molar-refractivity contribution in [2.75, 3.05) is 6.61 Å². The van der Waals surface area contributed by atoms with Crippen LogP contribution in [0.15, 0.2) is 48.7 Å². The van der Waals surface area contributed by atoms with Crippen molar-refractivity contribution in [2.24, 2.45) is 0 Å². The van der Waals surface area contributed by atoms with E-state index in [9.17, 15) is 4.79 Å². The summed E-state index contributed by atoms with van der Waals surface area (Å²) in [5.74, 6) is 0.696. The Labute approximate surface area is 125 Å². The first-order valence-electron chi connectivity index (χ1n) is 7.20. The molecule has 4 heteroatoms. The lowest BCUT2D eigenvalue weighted by Crippen LogP contribution is -2.23. The third-order valence-electron chi connectivity index (χ3n) is 3.04. The number of unbranched alkanes of at least 4 members (excludes halogenated alkanes) is 1. The molecule has 0 spiro atoms. The summed E-state index contributed by atoms with van der Waals surface area (Å²) in [6.45, 7) is 3.35. The number of aromatic nitrogens is 1. The highest BCUT2D eigenvalue weighted by atomic mass is 16.5. The van der Waals surface area contributed by atoms with Gasteiger partial charge in [-0.3, -0.25) is 9.78 Å². The Morgan fingerprint density at radius 3 is 2.67 bits per heavy atom. The van der Waals surface area contributed by atoms with Crippen molar-refractivity contribution in [1.29, 1.82) is 0 Å². The molecule has 1 N–H and O–H groups in total. The number of ether oxygens (including phenoxy) is 1. The maximum absolute atomic E-state index is 11.9. The van der Waals surface area contributed by atoms with Gasteiger partial charge in [0.1, 0.15) is 11.4 Å². The van der Waals surface area contributed by atoms with Gasteiger partial charge in [0.05, 0.1) is 6.61 Å². The molecule has 0 aliphatic carbocycles. The number of carbonyl (C=O) groups is 1. The van der Waals surface area contributed by atoms with Crippen molar-refractivity contribution in [2.45, 2.75) is 26.3 Å². The van der Waals surface area contributed by atoms with Crippen LogP contribution in [-0.2, 0) is 6.54 Å². The van der Waals surface area contributed by atoms with Gasteiger partial charge in [0, 0.05) is 12.7 Å². The van der Waals surface area contributed by atoms with Crippen LogP contribution in [0.4, 0.5) is 0 Å². The molecule has 2 rings (SSSR count). The number of pyridine rings is 1. The molecule has 0 bridgehead atoms. The summed E-state index contributed by atoms with van der Waals surface area (Å²) in [4.78, 5) is 15.9. The maximum atomic E-state index is 11.9. The summed E-state index contributed by atoms with van der Waals surface area (Å²) >= 11 is 0. The quantitative estimate of drug-likeness (QED) is 0.794. The largest absolute Gasteiger partial charge is 0.494 e. The van der Waals surface area contributed by atoms with Crippen molar-refractivity contribution in [3.05, 3.63) is 59.9 Å². The molecule has 0 atom stereocenters. The fraction of sp³-hybridized carbons (Fsp3) is 0.294. The smallest absolute Gasteiger partial charge is 0.270 e. The van der Waals surface area contributed by atoms with E-state index in [1.165, 1.54) is 0 Å². The van der Waals surface area contributed by atoms with Gasteiger partial charge in [0.25, 0.3) is 5.91 Å². The zero-order valence-corrected chi connectivity index (χ0v) is 12.2. The van der Waals surface area contributed by atoms with Crippen LogP contribution >= 0.6 is 0 Å². The Kier molecular flexibility index (Phi) is 5.76. The number of carbonyl (C=O) groups excluding carboxylic acids is 1. The van der Waals surface area contributed by atoms with E-state index in [2.05, 4.69) is 17.2 Å². The minimum atomic E-state index is -0.168. The second kappa shape index (κ2) is 8.04. The molecule has 4 nitrogen and oxygen atoms in total.